The third kappa shape index (κ3) is 4.46. The number of nitrogens with one attached hydrogen (secondary N) is 2. The van der Waals surface area contributed by atoms with Crippen molar-refractivity contribution in [3.8, 4) is 6.07 Å². The molecule has 1 heterocycles. The lowest BCUT2D eigenvalue weighted by Crippen LogP contribution is -2.34. The highest BCUT2D eigenvalue weighted by Crippen LogP contribution is 2.24. The van der Waals surface area contributed by atoms with Crippen LogP contribution in [0.25, 0.3) is 0 Å². The van der Waals surface area contributed by atoms with Crippen LogP contribution in [-0.2, 0) is 21.2 Å². The van der Waals surface area contributed by atoms with Gasteiger partial charge in [-0.05, 0) is 35.7 Å². The van der Waals surface area contributed by atoms with E-state index in [1.54, 1.807) is 42.5 Å². The topological polar surface area (TPSA) is 111 Å². The van der Waals surface area contributed by atoms with Crippen molar-refractivity contribution >= 4 is 27.5 Å². The molecular formula is C21H22N4O3S. The first kappa shape index (κ1) is 20.6. The Bertz CT molecular complexity index is 1090. The Morgan fingerprint density at radius 1 is 1.21 bits per heavy atom. The standard InChI is InChI=1S/C21H22N4O3S/c1-3-14(2)19(21(26)23-16-10-8-15(9-11-16)12-13-22)24-20-17-6-4-5-7-18(17)29(27,28)25-20/h4-11,14,19H,3,12H2,1-2H3,(H,23,26)(H,24,25)/t14-,19-/m0/s1. The summed E-state index contributed by atoms with van der Waals surface area (Å²) in [4.78, 5) is 17.6. The monoisotopic (exact) mass is 410 g/mol. The summed E-state index contributed by atoms with van der Waals surface area (Å²) in [5.41, 5.74) is 1.92. The van der Waals surface area contributed by atoms with Crippen molar-refractivity contribution in [2.45, 2.75) is 37.6 Å². The number of amides is 1. The van der Waals surface area contributed by atoms with Gasteiger partial charge in [0.1, 0.15) is 11.9 Å². The number of nitrogens with zero attached hydrogens (tertiary/aromatic N) is 2. The Balaban J connectivity index is 1.88. The molecule has 0 radical (unpaired) electrons. The lowest BCUT2D eigenvalue weighted by Gasteiger charge is -2.19. The van der Waals surface area contributed by atoms with E-state index in [-0.39, 0.29) is 22.6 Å². The van der Waals surface area contributed by atoms with Crippen molar-refractivity contribution in [3.63, 3.8) is 0 Å². The van der Waals surface area contributed by atoms with Crippen molar-refractivity contribution in [3.05, 3.63) is 59.7 Å². The largest absolute Gasteiger partial charge is 0.324 e. The van der Waals surface area contributed by atoms with Crippen LogP contribution in [0, 0.1) is 17.2 Å². The quantitative estimate of drug-likeness (QED) is 0.762. The molecule has 2 atom stereocenters. The normalized spacial score (nSPS) is 17.6. The first-order valence-electron chi connectivity index (χ1n) is 9.32. The fraction of sp³-hybridized carbons (Fsp3) is 0.286. The Labute approximate surface area is 170 Å². The summed E-state index contributed by atoms with van der Waals surface area (Å²) < 4.78 is 27.1. The molecule has 0 saturated carbocycles. The predicted molar refractivity (Wildman–Crippen MR) is 111 cm³/mol. The molecular weight excluding hydrogens is 388 g/mol. The fourth-order valence-corrected chi connectivity index (χ4v) is 4.29. The number of hydrogen-bond acceptors (Lipinski definition) is 5. The minimum absolute atomic E-state index is 0.0994. The highest BCUT2D eigenvalue weighted by molar-refractivity contribution is 7.90. The summed E-state index contributed by atoms with van der Waals surface area (Å²) >= 11 is 0. The molecule has 29 heavy (non-hydrogen) atoms. The summed E-state index contributed by atoms with van der Waals surface area (Å²) in [6.45, 7) is 3.86. The van der Waals surface area contributed by atoms with E-state index in [1.165, 1.54) is 6.07 Å². The van der Waals surface area contributed by atoms with Crippen LogP contribution in [0.5, 0.6) is 0 Å². The average molecular weight is 410 g/mol. The van der Waals surface area contributed by atoms with Gasteiger partial charge in [-0.2, -0.15) is 5.26 Å². The summed E-state index contributed by atoms with van der Waals surface area (Å²) in [6, 6.07) is 14.9. The van der Waals surface area contributed by atoms with Gasteiger partial charge >= 0.3 is 0 Å². The molecule has 0 aliphatic carbocycles. The summed E-state index contributed by atoms with van der Waals surface area (Å²) in [5, 5.41) is 11.6. The van der Waals surface area contributed by atoms with Gasteiger partial charge in [-0.15, -0.1) is 0 Å². The number of anilines is 1. The van der Waals surface area contributed by atoms with Crippen LogP contribution in [-0.4, -0.2) is 26.2 Å². The molecule has 2 aromatic carbocycles. The van der Waals surface area contributed by atoms with E-state index in [4.69, 9.17) is 5.26 Å². The van der Waals surface area contributed by atoms with E-state index >= 15 is 0 Å². The number of sulfonamides is 1. The average Bonchev–Trinajstić information content (AvgIpc) is 2.97. The number of carbonyl (C=O) groups excluding carboxylic acids is 1. The second-order valence-corrected chi connectivity index (χ2v) is 8.58. The van der Waals surface area contributed by atoms with Gasteiger partial charge < -0.3 is 5.32 Å². The third-order valence-electron chi connectivity index (χ3n) is 4.89. The second kappa shape index (κ2) is 8.45. The molecule has 0 spiro atoms. The highest BCUT2D eigenvalue weighted by atomic mass is 32.2. The number of carbonyl (C=O) groups is 1. The maximum absolute atomic E-state index is 12.9. The number of nitriles is 1. The lowest BCUT2D eigenvalue weighted by molar-refractivity contribution is -0.118. The molecule has 8 heteroatoms. The van der Waals surface area contributed by atoms with Gasteiger partial charge in [-0.25, -0.2) is 8.42 Å². The number of rotatable bonds is 6. The Morgan fingerprint density at radius 3 is 2.55 bits per heavy atom. The van der Waals surface area contributed by atoms with Crippen LogP contribution in [0.2, 0.25) is 0 Å². The molecule has 1 amide bonds. The zero-order valence-electron chi connectivity index (χ0n) is 16.2. The number of aliphatic imine (C=N–C) groups is 1. The van der Waals surface area contributed by atoms with E-state index in [0.717, 1.165) is 5.56 Å². The minimum atomic E-state index is -3.67. The van der Waals surface area contributed by atoms with Gasteiger partial charge in [0.2, 0.25) is 5.91 Å². The van der Waals surface area contributed by atoms with Crippen molar-refractivity contribution in [2.24, 2.45) is 10.9 Å². The van der Waals surface area contributed by atoms with Gasteiger partial charge in [0.05, 0.1) is 17.4 Å². The van der Waals surface area contributed by atoms with Gasteiger partial charge in [-0.3, -0.25) is 14.5 Å². The van der Waals surface area contributed by atoms with Crippen LogP contribution < -0.4 is 10.0 Å². The first-order chi connectivity index (χ1) is 13.9. The van der Waals surface area contributed by atoms with E-state index in [0.29, 0.717) is 24.1 Å². The zero-order chi connectivity index (χ0) is 21.0. The van der Waals surface area contributed by atoms with Crippen molar-refractivity contribution in [1.82, 2.24) is 4.72 Å². The highest BCUT2D eigenvalue weighted by Gasteiger charge is 2.33. The van der Waals surface area contributed by atoms with Gasteiger partial charge in [0.25, 0.3) is 10.0 Å². The van der Waals surface area contributed by atoms with E-state index in [1.807, 2.05) is 13.8 Å². The molecule has 150 valence electrons. The first-order valence-corrected chi connectivity index (χ1v) is 10.8. The van der Waals surface area contributed by atoms with Crippen LogP contribution in [0.1, 0.15) is 31.4 Å². The van der Waals surface area contributed by atoms with Crippen molar-refractivity contribution in [1.29, 1.82) is 5.26 Å². The molecule has 2 N–H and O–H groups in total. The molecule has 3 rings (SSSR count). The number of fused-ring (bicyclic) bond motifs is 1. The zero-order valence-corrected chi connectivity index (χ0v) is 17.0. The molecule has 1 aliphatic heterocycles. The Hall–Kier alpha value is -3.18. The predicted octanol–water partition coefficient (Wildman–Crippen LogP) is 2.84. The minimum Gasteiger partial charge on any atom is -0.324 e. The van der Waals surface area contributed by atoms with E-state index in [9.17, 15) is 13.2 Å². The molecule has 0 bridgehead atoms. The molecule has 1 aliphatic rings. The molecule has 0 fully saturated rings. The number of hydrogen-bond donors (Lipinski definition) is 2. The molecule has 0 saturated heterocycles. The van der Waals surface area contributed by atoms with Crippen molar-refractivity contribution < 1.29 is 13.2 Å². The van der Waals surface area contributed by atoms with Crippen LogP contribution in [0.3, 0.4) is 0 Å². The summed E-state index contributed by atoms with van der Waals surface area (Å²) in [5.74, 6) is -0.230. The second-order valence-electron chi connectivity index (χ2n) is 6.93. The lowest BCUT2D eigenvalue weighted by atomic mass is 9.98. The van der Waals surface area contributed by atoms with Crippen LogP contribution in [0.15, 0.2) is 58.4 Å². The Morgan fingerprint density at radius 2 is 1.90 bits per heavy atom. The van der Waals surface area contributed by atoms with Crippen LogP contribution >= 0.6 is 0 Å². The van der Waals surface area contributed by atoms with Gasteiger partial charge in [-0.1, -0.05) is 44.5 Å². The SMILES string of the molecule is CC[C@H](C)[C@H](N=C1NS(=O)(=O)c2ccccc21)C(=O)Nc1ccc(CC#N)cc1. The van der Waals surface area contributed by atoms with E-state index < -0.39 is 16.1 Å². The summed E-state index contributed by atoms with van der Waals surface area (Å²) in [7, 11) is -3.67. The molecule has 7 nitrogen and oxygen atoms in total. The van der Waals surface area contributed by atoms with E-state index in [2.05, 4.69) is 21.1 Å². The fourth-order valence-electron chi connectivity index (χ4n) is 3.05. The number of amidine groups is 1. The molecule has 0 aromatic heterocycles. The smallest absolute Gasteiger partial charge is 0.263 e. The Kier molecular flexibility index (Phi) is 5.99. The molecule has 0 unspecified atom stereocenters. The maximum atomic E-state index is 12.9. The van der Waals surface area contributed by atoms with Gasteiger partial charge in [0.15, 0.2) is 0 Å². The summed E-state index contributed by atoms with van der Waals surface area (Å²) in [6.07, 6.45) is 1.00. The third-order valence-corrected chi connectivity index (χ3v) is 6.28. The molecule has 2 aromatic rings. The van der Waals surface area contributed by atoms with Crippen molar-refractivity contribution in [2.75, 3.05) is 5.32 Å². The van der Waals surface area contributed by atoms with Gasteiger partial charge in [0, 0.05) is 11.3 Å². The van der Waals surface area contributed by atoms with Crippen LogP contribution in [0.4, 0.5) is 5.69 Å². The maximum Gasteiger partial charge on any atom is 0.263 e. The number of benzene rings is 2.